The molecule has 1 unspecified atom stereocenters. The van der Waals surface area contributed by atoms with Gasteiger partial charge in [-0.3, -0.25) is 14.4 Å². The van der Waals surface area contributed by atoms with E-state index in [-0.39, 0.29) is 18.2 Å². The first kappa shape index (κ1) is 19.5. The normalized spacial score (nSPS) is 21.8. The molecule has 0 aliphatic carbocycles. The molecule has 0 spiro atoms. The van der Waals surface area contributed by atoms with Gasteiger partial charge in [0.2, 0.25) is 11.8 Å². The number of hydrogen-bond donors (Lipinski definition) is 6. The van der Waals surface area contributed by atoms with Crippen LogP contribution in [0.1, 0.15) is 20.3 Å². The summed E-state index contributed by atoms with van der Waals surface area (Å²) in [7, 11) is 0. The third-order valence-corrected chi connectivity index (χ3v) is 3.68. The van der Waals surface area contributed by atoms with Gasteiger partial charge in [0.15, 0.2) is 5.78 Å². The van der Waals surface area contributed by atoms with E-state index in [1.54, 1.807) is 0 Å². The van der Waals surface area contributed by atoms with Gasteiger partial charge in [0.1, 0.15) is 6.04 Å². The van der Waals surface area contributed by atoms with Crippen molar-refractivity contribution in [3.63, 3.8) is 0 Å². The zero-order chi connectivity index (χ0) is 17.4. The van der Waals surface area contributed by atoms with E-state index < -0.39 is 30.1 Å². The average molecular weight is 329 g/mol. The molecule has 0 aromatic heterocycles. The van der Waals surface area contributed by atoms with Gasteiger partial charge >= 0.3 is 0 Å². The number of nitrogens with two attached hydrogens (primary N) is 1. The number of ketones is 1. The number of hydrogen-bond acceptors (Lipinski definition) is 7. The summed E-state index contributed by atoms with van der Waals surface area (Å²) in [6.45, 7) is 4.87. The van der Waals surface area contributed by atoms with Crippen molar-refractivity contribution in [1.29, 1.82) is 0 Å². The molecule has 1 saturated heterocycles. The van der Waals surface area contributed by atoms with E-state index in [0.717, 1.165) is 6.54 Å². The molecule has 1 aliphatic heterocycles. The lowest BCUT2D eigenvalue weighted by Gasteiger charge is -2.28. The molecule has 0 aromatic rings. The maximum absolute atomic E-state index is 12.3. The summed E-state index contributed by atoms with van der Waals surface area (Å²) in [4.78, 5) is 35.9. The van der Waals surface area contributed by atoms with E-state index in [9.17, 15) is 19.5 Å². The summed E-state index contributed by atoms with van der Waals surface area (Å²) in [6, 6.07) is -2.32. The summed E-state index contributed by atoms with van der Waals surface area (Å²) in [6.07, 6.45) is -0.795. The highest BCUT2D eigenvalue weighted by atomic mass is 16.3. The molecule has 0 aromatic carbocycles. The van der Waals surface area contributed by atoms with Crippen LogP contribution in [0.3, 0.4) is 0 Å². The molecule has 0 saturated carbocycles. The molecule has 4 atom stereocenters. The van der Waals surface area contributed by atoms with Gasteiger partial charge in [0.05, 0.1) is 18.2 Å². The lowest BCUT2D eigenvalue weighted by Crippen LogP contribution is -2.61. The molecule has 9 nitrogen and oxygen atoms in total. The quantitative estimate of drug-likeness (QED) is 0.275. The van der Waals surface area contributed by atoms with Gasteiger partial charge in [0, 0.05) is 19.6 Å². The van der Waals surface area contributed by atoms with E-state index >= 15 is 0 Å². The van der Waals surface area contributed by atoms with Gasteiger partial charge in [-0.15, -0.1) is 0 Å². The number of nitrogens with one attached hydrogen (secondary N) is 4. The van der Waals surface area contributed by atoms with Gasteiger partial charge < -0.3 is 32.1 Å². The number of Topliss-reactive ketones (excluding diaryl/α,β-unsaturated/α-hetero) is 1. The highest BCUT2D eigenvalue weighted by Gasteiger charge is 2.31. The van der Waals surface area contributed by atoms with Crippen LogP contribution in [0, 0.1) is 0 Å². The molecule has 7 N–H and O–H groups in total. The molecule has 1 heterocycles. The van der Waals surface area contributed by atoms with Crippen LogP contribution in [0.15, 0.2) is 0 Å². The van der Waals surface area contributed by atoms with Crippen molar-refractivity contribution in [2.75, 3.05) is 26.2 Å². The lowest BCUT2D eigenvalue weighted by atomic mass is 10.1. The molecule has 1 fully saturated rings. The fourth-order valence-corrected chi connectivity index (χ4v) is 2.30. The maximum atomic E-state index is 12.3. The van der Waals surface area contributed by atoms with Crippen molar-refractivity contribution >= 4 is 17.6 Å². The minimum atomic E-state index is -1.13. The van der Waals surface area contributed by atoms with E-state index in [2.05, 4.69) is 21.3 Å². The molecular weight excluding hydrogens is 302 g/mol. The van der Waals surface area contributed by atoms with E-state index in [1.807, 2.05) is 0 Å². The Morgan fingerprint density at radius 1 is 1.30 bits per heavy atom. The Kier molecular flexibility index (Phi) is 8.10. The standard InChI is InChI=1S/C14H27N5O4/c1-8(20)10(3-4-15)18-14(23)12(9(2)21)19-13(22)11-7-16-5-6-17-11/h9-12,16-17,21H,3-7,15H2,1-2H3,(H,18,23)(H,19,22)/t9?,10-,11-,12-/m0/s1. The molecule has 0 bridgehead atoms. The van der Waals surface area contributed by atoms with Crippen LogP contribution in [0.4, 0.5) is 0 Å². The smallest absolute Gasteiger partial charge is 0.245 e. The summed E-state index contributed by atoms with van der Waals surface area (Å²) in [5.41, 5.74) is 5.42. The summed E-state index contributed by atoms with van der Waals surface area (Å²) >= 11 is 0. The fraction of sp³-hybridized carbons (Fsp3) is 0.786. The predicted octanol–water partition coefficient (Wildman–Crippen LogP) is -3.16. The third kappa shape index (κ3) is 6.22. The van der Waals surface area contributed by atoms with Crippen LogP contribution in [0.5, 0.6) is 0 Å². The van der Waals surface area contributed by atoms with Crippen LogP contribution < -0.4 is 27.0 Å². The predicted molar refractivity (Wildman–Crippen MR) is 84.6 cm³/mol. The molecule has 9 heteroatoms. The van der Waals surface area contributed by atoms with Crippen LogP contribution in [0.25, 0.3) is 0 Å². The van der Waals surface area contributed by atoms with Crippen molar-refractivity contribution in [3.8, 4) is 0 Å². The van der Waals surface area contributed by atoms with Crippen LogP contribution >= 0.6 is 0 Å². The molecule has 2 amide bonds. The largest absolute Gasteiger partial charge is 0.391 e. The number of aliphatic hydroxyl groups excluding tert-OH is 1. The molecule has 1 aliphatic rings. The maximum Gasteiger partial charge on any atom is 0.245 e. The molecule has 1 rings (SSSR count). The van der Waals surface area contributed by atoms with E-state index in [4.69, 9.17) is 5.73 Å². The van der Waals surface area contributed by atoms with Crippen molar-refractivity contribution in [2.45, 2.75) is 44.5 Å². The number of aliphatic hydroxyl groups is 1. The molecular formula is C14H27N5O4. The second kappa shape index (κ2) is 9.56. The molecule has 23 heavy (non-hydrogen) atoms. The Morgan fingerprint density at radius 2 is 2.00 bits per heavy atom. The highest BCUT2D eigenvalue weighted by molar-refractivity contribution is 5.93. The van der Waals surface area contributed by atoms with E-state index in [1.165, 1.54) is 13.8 Å². The second-order valence-electron chi connectivity index (χ2n) is 5.69. The number of carbonyl (C=O) groups excluding carboxylic acids is 3. The topological polar surface area (TPSA) is 146 Å². The Hall–Kier alpha value is -1.55. The summed E-state index contributed by atoms with van der Waals surface area (Å²) in [5.74, 6) is -1.21. The zero-order valence-electron chi connectivity index (χ0n) is 13.6. The number of amides is 2. The minimum Gasteiger partial charge on any atom is -0.391 e. The SMILES string of the molecule is CC(=O)[C@H](CCN)NC(=O)[C@@H](NC(=O)[C@@H]1CNCCN1)C(C)O. The van der Waals surface area contributed by atoms with Crippen LogP contribution in [-0.4, -0.2) is 73.1 Å². The van der Waals surface area contributed by atoms with Gasteiger partial charge in [0.25, 0.3) is 0 Å². The van der Waals surface area contributed by atoms with Crippen LogP contribution in [0.2, 0.25) is 0 Å². The number of piperazine rings is 1. The van der Waals surface area contributed by atoms with Gasteiger partial charge in [-0.25, -0.2) is 0 Å². The Balaban J connectivity index is 2.66. The number of rotatable bonds is 8. The summed E-state index contributed by atoms with van der Waals surface area (Å²) in [5, 5.41) is 20.9. The Bertz CT molecular complexity index is 423. The third-order valence-electron chi connectivity index (χ3n) is 3.68. The lowest BCUT2D eigenvalue weighted by molar-refractivity contribution is -0.134. The van der Waals surface area contributed by atoms with Crippen molar-refractivity contribution < 1.29 is 19.5 Å². The Labute approximate surface area is 135 Å². The minimum absolute atomic E-state index is 0.224. The highest BCUT2D eigenvalue weighted by Crippen LogP contribution is 2.00. The van der Waals surface area contributed by atoms with Crippen molar-refractivity contribution in [1.82, 2.24) is 21.3 Å². The van der Waals surface area contributed by atoms with Crippen LogP contribution in [-0.2, 0) is 14.4 Å². The van der Waals surface area contributed by atoms with Gasteiger partial charge in [-0.1, -0.05) is 0 Å². The van der Waals surface area contributed by atoms with E-state index in [0.29, 0.717) is 19.5 Å². The molecule has 0 radical (unpaired) electrons. The van der Waals surface area contributed by atoms with Gasteiger partial charge in [-0.2, -0.15) is 0 Å². The monoisotopic (exact) mass is 329 g/mol. The number of carbonyl (C=O) groups is 3. The van der Waals surface area contributed by atoms with Crippen molar-refractivity contribution in [3.05, 3.63) is 0 Å². The first-order valence-corrected chi connectivity index (χ1v) is 7.80. The van der Waals surface area contributed by atoms with Gasteiger partial charge in [-0.05, 0) is 26.8 Å². The summed E-state index contributed by atoms with van der Waals surface area (Å²) < 4.78 is 0. The van der Waals surface area contributed by atoms with Crippen molar-refractivity contribution in [2.24, 2.45) is 5.73 Å². The fourth-order valence-electron chi connectivity index (χ4n) is 2.30. The zero-order valence-corrected chi connectivity index (χ0v) is 13.6. The second-order valence-corrected chi connectivity index (χ2v) is 5.69. The Morgan fingerprint density at radius 3 is 2.48 bits per heavy atom. The first-order valence-electron chi connectivity index (χ1n) is 7.80. The average Bonchev–Trinajstić information content (AvgIpc) is 2.52. The molecule has 132 valence electrons. The first-order chi connectivity index (χ1) is 10.9.